The number of piperidine rings is 2. The minimum atomic E-state index is 0.714. The highest BCUT2D eigenvalue weighted by Gasteiger charge is 2.41. The highest BCUT2D eigenvalue weighted by molar-refractivity contribution is 7.80. The summed E-state index contributed by atoms with van der Waals surface area (Å²) in [4.78, 5) is 10.7. The van der Waals surface area contributed by atoms with Gasteiger partial charge in [-0.2, -0.15) is 0 Å². The summed E-state index contributed by atoms with van der Waals surface area (Å²) in [5, 5.41) is 1.13. The monoisotopic (exact) mass is 432 g/mol. The van der Waals surface area contributed by atoms with Crippen molar-refractivity contribution in [1.82, 2.24) is 19.6 Å². The van der Waals surface area contributed by atoms with Crippen molar-refractivity contribution in [2.24, 2.45) is 11.8 Å². The van der Waals surface area contributed by atoms with Gasteiger partial charge in [0.25, 0.3) is 0 Å². The fourth-order valence-corrected chi connectivity index (χ4v) is 7.89. The van der Waals surface area contributed by atoms with E-state index in [1.807, 2.05) is 0 Å². The molecule has 0 radical (unpaired) electrons. The van der Waals surface area contributed by atoms with Crippen LogP contribution in [0.4, 0.5) is 0 Å². The molecule has 5 fully saturated rings. The standard InChI is InChI=1S/C25H44N4S/c1-19-11-13-21-7-3-5-9-23(21)28(19)17-26-15-16-27(25(26)30)18-29-20(2)12-14-22-8-4-6-10-24(22)29/h19-24H,3-18H2,1-2H3. The summed E-state index contributed by atoms with van der Waals surface area (Å²) in [6.45, 7) is 9.30. The minimum Gasteiger partial charge on any atom is -0.334 e. The summed E-state index contributed by atoms with van der Waals surface area (Å²) in [5.74, 6) is 1.89. The van der Waals surface area contributed by atoms with Crippen LogP contribution in [0.5, 0.6) is 0 Å². The van der Waals surface area contributed by atoms with E-state index in [4.69, 9.17) is 12.2 Å². The van der Waals surface area contributed by atoms with Crippen LogP contribution in [0.25, 0.3) is 0 Å². The van der Waals surface area contributed by atoms with E-state index < -0.39 is 0 Å². The second-order valence-electron chi connectivity index (χ2n) is 11.2. The SMILES string of the molecule is CC1CCC2CCCCC2N1CN1CCN(CN2C(C)CCC3CCCCC32)C1=S. The van der Waals surface area contributed by atoms with Gasteiger partial charge in [-0.15, -0.1) is 0 Å². The molecule has 0 aromatic carbocycles. The smallest absolute Gasteiger partial charge is 0.173 e. The van der Waals surface area contributed by atoms with E-state index in [1.165, 1.54) is 77.0 Å². The van der Waals surface area contributed by atoms with Crippen molar-refractivity contribution >= 4 is 17.3 Å². The number of hydrogen-bond acceptors (Lipinski definition) is 3. The Morgan fingerprint density at radius 2 is 1.07 bits per heavy atom. The summed E-state index contributed by atoms with van der Waals surface area (Å²) in [7, 11) is 0. The van der Waals surface area contributed by atoms with E-state index in [0.29, 0.717) is 12.1 Å². The van der Waals surface area contributed by atoms with Crippen LogP contribution in [-0.4, -0.2) is 75.3 Å². The maximum atomic E-state index is 6.07. The van der Waals surface area contributed by atoms with Crippen molar-refractivity contribution in [3.63, 3.8) is 0 Å². The van der Waals surface area contributed by atoms with Crippen LogP contribution in [0, 0.1) is 11.8 Å². The average Bonchev–Trinajstić information content (AvgIpc) is 3.11. The number of fused-ring (bicyclic) bond motifs is 2. The molecular formula is C25H44N4S. The van der Waals surface area contributed by atoms with Crippen molar-refractivity contribution in [2.75, 3.05) is 26.4 Å². The van der Waals surface area contributed by atoms with Crippen LogP contribution in [0.3, 0.4) is 0 Å². The van der Waals surface area contributed by atoms with Gasteiger partial charge >= 0.3 is 0 Å². The quantitative estimate of drug-likeness (QED) is 0.585. The third-order valence-corrected chi connectivity index (χ3v) is 10.00. The van der Waals surface area contributed by atoms with Crippen molar-refractivity contribution < 1.29 is 0 Å². The summed E-state index contributed by atoms with van der Waals surface area (Å²) in [6, 6.07) is 3.05. The predicted octanol–water partition coefficient (Wildman–Crippen LogP) is 4.89. The third kappa shape index (κ3) is 4.15. The van der Waals surface area contributed by atoms with Gasteiger partial charge in [-0.1, -0.05) is 25.7 Å². The van der Waals surface area contributed by atoms with Crippen LogP contribution >= 0.6 is 12.2 Å². The average molecular weight is 433 g/mol. The van der Waals surface area contributed by atoms with Crippen LogP contribution in [0.15, 0.2) is 0 Å². The number of rotatable bonds is 4. The predicted molar refractivity (Wildman–Crippen MR) is 128 cm³/mol. The lowest BCUT2D eigenvalue weighted by Crippen LogP contribution is -2.56. The molecule has 170 valence electrons. The summed E-state index contributed by atoms with van der Waals surface area (Å²) >= 11 is 6.07. The number of thiocarbonyl (C=S) groups is 1. The van der Waals surface area contributed by atoms with E-state index >= 15 is 0 Å². The van der Waals surface area contributed by atoms with E-state index in [0.717, 1.165) is 55.5 Å². The highest BCUT2D eigenvalue weighted by Crippen LogP contribution is 2.39. The van der Waals surface area contributed by atoms with E-state index in [2.05, 4.69) is 33.4 Å². The molecule has 6 atom stereocenters. The molecule has 6 unspecified atom stereocenters. The van der Waals surface area contributed by atoms with Crippen LogP contribution in [-0.2, 0) is 0 Å². The Kier molecular flexibility index (Phi) is 6.60. The Bertz CT molecular complexity index is 562. The zero-order chi connectivity index (χ0) is 20.7. The fourth-order valence-electron chi connectivity index (χ4n) is 7.60. The van der Waals surface area contributed by atoms with Gasteiger partial charge in [-0.05, 0) is 89.3 Å². The first kappa shape index (κ1) is 21.5. The maximum absolute atomic E-state index is 6.07. The molecule has 2 aliphatic carbocycles. The first-order valence-electron chi connectivity index (χ1n) is 13.2. The Hall–Kier alpha value is -0.390. The van der Waals surface area contributed by atoms with E-state index in [-0.39, 0.29) is 0 Å². The van der Waals surface area contributed by atoms with Crippen LogP contribution in [0.2, 0.25) is 0 Å². The molecule has 0 amide bonds. The molecule has 2 saturated carbocycles. The Balaban J connectivity index is 1.22. The molecule has 30 heavy (non-hydrogen) atoms. The topological polar surface area (TPSA) is 13.0 Å². The largest absolute Gasteiger partial charge is 0.334 e. The van der Waals surface area contributed by atoms with Gasteiger partial charge in [0.15, 0.2) is 5.11 Å². The lowest BCUT2D eigenvalue weighted by molar-refractivity contribution is -0.00369. The van der Waals surface area contributed by atoms with Crippen molar-refractivity contribution in [3.8, 4) is 0 Å². The van der Waals surface area contributed by atoms with Gasteiger partial charge in [-0.25, -0.2) is 0 Å². The Morgan fingerprint density at radius 1 is 0.633 bits per heavy atom. The van der Waals surface area contributed by atoms with Gasteiger partial charge in [0, 0.05) is 37.3 Å². The number of nitrogens with zero attached hydrogens (tertiary/aromatic N) is 4. The van der Waals surface area contributed by atoms with Gasteiger partial charge < -0.3 is 9.80 Å². The maximum Gasteiger partial charge on any atom is 0.173 e. The number of likely N-dealkylation sites (tertiary alicyclic amines) is 2. The van der Waals surface area contributed by atoms with E-state index in [1.54, 1.807) is 0 Å². The molecule has 0 bridgehead atoms. The van der Waals surface area contributed by atoms with Crippen molar-refractivity contribution in [3.05, 3.63) is 0 Å². The molecule has 5 aliphatic rings. The lowest BCUT2D eigenvalue weighted by atomic mass is 9.76. The van der Waals surface area contributed by atoms with Crippen molar-refractivity contribution in [1.29, 1.82) is 0 Å². The van der Waals surface area contributed by atoms with E-state index in [9.17, 15) is 0 Å². The molecular weight excluding hydrogens is 388 g/mol. The molecule has 5 heteroatoms. The second-order valence-corrected chi connectivity index (χ2v) is 11.6. The normalized spacial score (nSPS) is 41.1. The molecule has 0 aromatic heterocycles. The highest BCUT2D eigenvalue weighted by atomic mass is 32.1. The first-order valence-corrected chi connectivity index (χ1v) is 13.6. The summed E-state index contributed by atoms with van der Waals surface area (Å²) in [5.41, 5.74) is 0. The molecule has 0 aromatic rings. The minimum absolute atomic E-state index is 0.714. The Labute approximate surface area is 190 Å². The summed E-state index contributed by atoms with van der Waals surface area (Å²) < 4.78 is 0. The first-order chi connectivity index (χ1) is 14.6. The van der Waals surface area contributed by atoms with Crippen molar-refractivity contribution in [2.45, 2.75) is 115 Å². The van der Waals surface area contributed by atoms with Gasteiger partial charge in [0.1, 0.15) is 0 Å². The lowest BCUT2D eigenvalue weighted by Gasteiger charge is -2.49. The van der Waals surface area contributed by atoms with Gasteiger partial charge in [-0.3, -0.25) is 9.80 Å². The zero-order valence-corrected chi connectivity index (χ0v) is 20.3. The molecule has 3 saturated heterocycles. The summed E-state index contributed by atoms with van der Waals surface area (Å²) in [6.07, 6.45) is 17.2. The third-order valence-electron chi connectivity index (χ3n) is 9.48. The van der Waals surface area contributed by atoms with Crippen LogP contribution in [0.1, 0.15) is 90.9 Å². The molecule has 4 nitrogen and oxygen atoms in total. The molecule has 0 N–H and O–H groups in total. The second kappa shape index (κ2) is 9.23. The molecule has 0 spiro atoms. The van der Waals surface area contributed by atoms with Gasteiger partial charge in [0.05, 0.1) is 13.3 Å². The molecule has 3 aliphatic heterocycles. The Morgan fingerprint density at radius 3 is 1.53 bits per heavy atom. The van der Waals surface area contributed by atoms with Crippen LogP contribution < -0.4 is 0 Å². The number of hydrogen-bond donors (Lipinski definition) is 0. The molecule has 3 heterocycles. The van der Waals surface area contributed by atoms with Gasteiger partial charge in [0.2, 0.25) is 0 Å². The molecule has 5 rings (SSSR count). The zero-order valence-electron chi connectivity index (χ0n) is 19.5. The fraction of sp³-hybridized carbons (Fsp3) is 0.960.